The van der Waals surface area contributed by atoms with Crippen molar-refractivity contribution >= 4 is 23.5 Å². The molecule has 0 aliphatic carbocycles. The average molecular weight is 330 g/mol. The minimum Gasteiger partial charge on any atom is -0.459 e. The number of carbonyl (C=O) groups is 3. The second-order valence-electron chi connectivity index (χ2n) is 5.02. The second kappa shape index (κ2) is 7.96. The lowest BCUT2D eigenvalue weighted by Crippen LogP contribution is -2.39. The van der Waals surface area contributed by atoms with Crippen molar-refractivity contribution in [2.75, 3.05) is 18.5 Å². The van der Waals surface area contributed by atoms with Gasteiger partial charge in [0.25, 0.3) is 11.8 Å². The molecule has 0 saturated heterocycles. The standard InChI is InChI=1S/C17H18N2O5/c1-12(17(22)19(2)13-7-4-3-5-8-13)24-15(20)11-18-16(21)14-9-6-10-23-14/h3-10,12H,11H2,1-2H3,(H,18,21)/t12-/m1/s1. The van der Waals surface area contributed by atoms with Gasteiger partial charge in [-0.1, -0.05) is 18.2 Å². The van der Waals surface area contributed by atoms with Gasteiger partial charge in [-0.3, -0.25) is 14.4 Å². The topological polar surface area (TPSA) is 88.8 Å². The number of furan rings is 1. The van der Waals surface area contributed by atoms with Crippen LogP contribution in [0.25, 0.3) is 0 Å². The van der Waals surface area contributed by atoms with E-state index in [-0.39, 0.29) is 18.2 Å². The SMILES string of the molecule is C[C@@H](OC(=O)CNC(=O)c1ccco1)C(=O)N(C)c1ccccc1. The van der Waals surface area contributed by atoms with Gasteiger partial charge in [-0.2, -0.15) is 0 Å². The summed E-state index contributed by atoms with van der Waals surface area (Å²) in [7, 11) is 1.60. The molecule has 0 aliphatic heterocycles. The van der Waals surface area contributed by atoms with E-state index in [1.807, 2.05) is 6.07 Å². The first-order valence-corrected chi connectivity index (χ1v) is 7.33. The number of rotatable bonds is 6. The Morgan fingerprint density at radius 3 is 2.50 bits per heavy atom. The second-order valence-corrected chi connectivity index (χ2v) is 5.02. The molecule has 0 fully saturated rings. The molecule has 1 N–H and O–H groups in total. The van der Waals surface area contributed by atoms with Crippen LogP contribution in [0.2, 0.25) is 0 Å². The van der Waals surface area contributed by atoms with Gasteiger partial charge in [0.05, 0.1) is 6.26 Å². The summed E-state index contributed by atoms with van der Waals surface area (Å²) >= 11 is 0. The first-order valence-electron chi connectivity index (χ1n) is 7.33. The first-order chi connectivity index (χ1) is 11.5. The summed E-state index contributed by atoms with van der Waals surface area (Å²) in [5.41, 5.74) is 0.691. The van der Waals surface area contributed by atoms with Gasteiger partial charge < -0.3 is 19.4 Å². The third-order valence-corrected chi connectivity index (χ3v) is 3.27. The molecule has 1 aromatic carbocycles. The number of amides is 2. The van der Waals surface area contributed by atoms with Gasteiger partial charge in [0.2, 0.25) is 0 Å². The summed E-state index contributed by atoms with van der Waals surface area (Å²) in [6.45, 7) is 1.13. The summed E-state index contributed by atoms with van der Waals surface area (Å²) < 4.78 is 9.95. The van der Waals surface area contributed by atoms with Crippen LogP contribution in [-0.4, -0.2) is 37.5 Å². The smallest absolute Gasteiger partial charge is 0.326 e. The third kappa shape index (κ3) is 4.45. The van der Waals surface area contributed by atoms with E-state index in [0.717, 1.165) is 0 Å². The predicted molar refractivity (Wildman–Crippen MR) is 86.4 cm³/mol. The summed E-state index contributed by atoms with van der Waals surface area (Å²) in [6.07, 6.45) is 0.385. The quantitative estimate of drug-likeness (QED) is 0.813. The van der Waals surface area contributed by atoms with Crippen LogP contribution in [0.5, 0.6) is 0 Å². The molecule has 0 unspecified atom stereocenters. The van der Waals surface area contributed by atoms with Crippen molar-refractivity contribution in [2.45, 2.75) is 13.0 Å². The highest BCUT2D eigenvalue weighted by Crippen LogP contribution is 2.13. The number of para-hydroxylation sites is 1. The van der Waals surface area contributed by atoms with Gasteiger partial charge in [-0.15, -0.1) is 0 Å². The largest absolute Gasteiger partial charge is 0.459 e. The maximum absolute atomic E-state index is 12.3. The van der Waals surface area contributed by atoms with Crippen molar-refractivity contribution in [3.05, 3.63) is 54.5 Å². The van der Waals surface area contributed by atoms with Gasteiger partial charge in [0, 0.05) is 12.7 Å². The maximum Gasteiger partial charge on any atom is 0.326 e. The Morgan fingerprint density at radius 1 is 1.17 bits per heavy atom. The van der Waals surface area contributed by atoms with E-state index in [9.17, 15) is 14.4 Å². The van der Waals surface area contributed by atoms with Gasteiger partial charge in [0.1, 0.15) is 6.54 Å². The third-order valence-electron chi connectivity index (χ3n) is 3.27. The maximum atomic E-state index is 12.3. The molecule has 0 bridgehead atoms. The molecule has 0 radical (unpaired) electrons. The lowest BCUT2D eigenvalue weighted by Gasteiger charge is -2.21. The Balaban J connectivity index is 1.82. The highest BCUT2D eigenvalue weighted by atomic mass is 16.5. The normalized spacial score (nSPS) is 11.4. The number of carbonyl (C=O) groups excluding carboxylic acids is 3. The molecule has 2 rings (SSSR count). The lowest BCUT2D eigenvalue weighted by molar-refractivity contribution is -0.152. The molecule has 1 atom stereocenters. The molecule has 1 heterocycles. The van der Waals surface area contributed by atoms with Gasteiger partial charge >= 0.3 is 5.97 Å². The van der Waals surface area contributed by atoms with Crippen molar-refractivity contribution in [2.24, 2.45) is 0 Å². The van der Waals surface area contributed by atoms with Crippen LogP contribution in [0.15, 0.2) is 53.1 Å². The fourth-order valence-electron chi connectivity index (χ4n) is 1.99. The summed E-state index contributed by atoms with van der Waals surface area (Å²) in [5.74, 6) is -1.52. The summed E-state index contributed by atoms with van der Waals surface area (Å²) in [5, 5.41) is 2.36. The van der Waals surface area contributed by atoms with E-state index in [2.05, 4.69) is 5.32 Å². The Labute approximate surface area is 139 Å². The van der Waals surface area contributed by atoms with Crippen molar-refractivity contribution in [1.29, 1.82) is 0 Å². The van der Waals surface area contributed by atoms with Crippen LogP contribution in [-0.2, 0) is 14.3 Å². The molecule has 7 nitrogen and oxygen atoms in total. The Bertz CT molecular complexity index is 697. The highest BCUT2D eigenvalue weighted by Gasteiger charge is 2.22. The van der Waals surface area contributed by atoms with E-state index in [4.69, 9.17) is 9.15 Å². The fourth-order valence-corrected chi connectivity index (χ4v) is 1.99. The number of benzene rings is 1. The molecule has 2 aromatic rings. The van der Waals surface area contributed by atoms with E-state index in [1.165, 1.54) is 24.2 Å². The monoisotopic (exact) mass is 330 g/mol. The van der Waals surface area contributed by atoms with E-state index in [1.54, 1.807) is 37.4 Å². The minimum atomic E-state index is -0.969. The zero-order valence-electron chi connectivity index (χ0n) is 13.4. The number of nitrogens with zero attached hydrogens (tertiary/aromatic N) is 1. The Hall–Kier alpha value is -3.09. The molecule has 0 aliphatic rings. The molecule has 2 amide bonds. The lowest BCUT2D eigenvalue weighted by atomic mass is 10.2. The zero-order chi connectivity index (χ0) is 17.5. The number of likely N-dealkylation sites (N-methyl/N-ethyl adjacent to an activating group) is 1. The number of esters is 1. The number of anilines is 1. The highest BCUT2D eigenvalue weighted by molar-refractivity contribution is 5.97. The van der Waals surface area contributed by atoms with Crippen LogP contribution in [0.3, 0.4) is 0 Å². The van der Waals surface area contributed by atoms with Crippen LogP contribution in [0.1, 0.15) is 17.5 Å². The molecule has 0 saturated carbocycles. The van der Waals surface area contributed by atoms with Crippen LogP contribution in [0.4, 0.5) is 5.69 Å². The molecule has 24 heavy (non-hydrogen) atoms. The van der Waals surface area contributed by atoms with Gasteiger partial charge in [-0.05, 0) is 31.2 Å². The van der Waals surface area contributed by atoms with Crippen LogP contribution in [0, 0.1) is 0 Å². The summed E-state index contributed by atoms with van der Waals surface area (Å²) in [6, 6.07) is 12.0. The van der Waals surface area contributed by atoms with Crippen molar-refractivity contribution in [3.8, 4) is 0 Å². The van der Waals surface area contributed by atoms with Crippen molar-refractivity contribution in [1.82, 2.24) is 5.32 Å². The first kappa shape index (κ1) is 17.3. The summed E-state index contributed by atoms with van der Waals surface area (Å²) in [4.78, 5) is 37.0. The molecule has 126 valence electrons. The number of hydrogen-bond acceptors (Lipinski definition) is 5. The number of nitrogens with one attached hydrogen (secondary N) is 1. The molecule has 0 spiro atoms. The number of ether oxygens (including phenoxy) is 1. The van der Waals surface area contributed by atoms with E-state index in [0.29, 0.717) is 5.69 Å². The predicted octanol–water partition coefficient (Wildman–Crippen LogP) is 1.60. The molecule has 7 heteroatoms. The van der Waals surface area contributed by atoms with E-state index < -0.39 is 18.0 Å². The Morgan fingerprint density at radius 2 is 1.88 bits per heavy atom. The zero-order valence-corrected chi connectivity index (χ0v) is 13.4. The van der Waals surface area contributed by atoms with Crippen molar-refractivity contribution in [3.63, 3.8) is 0 Å². The van der Waals surface area contributed by atoms with Crippen LogP contribution >= 0.6 is 0 Å². The number of hydrogen-bond donors (Lipinski definition) is 1. The molecule has 1 aromatic heterocycles. The molecular weight excluding hydrogens is 312 g/mol. The fraction of sp³-hybridized carbons (Fsp3) is 0.235. The van der Waals surface area contributed by atoms with Crippen LogP contribution < -0.4 is 10.2 Å². The average Bonchev–Trinajstić information content (AvgIpc) is 3.13. The molecular formula is C17H18N2O5. The van der Waals surface area contributed by atoms with Gasteiger partial charge in [-0.25, -0.2) is 0 Å². The Kier molecular flexibility index (Phi) is 5.73. The van der Waals surface area contributed by atoms with Gasteiger partial charge in [0.15, 0.2) is 11.9 Å². The van der Waals surface area contributed by atoms with E-state index >= 15 is 0 Å². The van der Waals surface area contributed by atoms with Crippen molar-refractivity contribution < 1.29 is 23.5 Å². The minimum absolute atomic E-state index is 0.0933.